The highest BCUT2D eigenvalue weighted by atomic mass is 35.5. The second-order valence-electron chi connectivity index (χ2n) is 6.50. The summed E-state index contributed by atoms with van der Waals surface area (Å²) in [5.74, 6) is -2.24. The van der Waals surface area contributed by atoms with Gasteiger partial charge in [0.15, 0.2) is 11.5 Å². The molecular formula is C21H12ClF4N3O3. The van der Waals surface area contributed by atoms with Crippen molar-refractivity contribution < 1.29 is 31.6 Å². The highest BCUT2D eigenvalue weighted by molar-refractivity contribution is 6.33. The lowest BCUT2D eigenvalue weighted by Crippen LogP contribution is -2.15. The van der Waals surface area contributed by atoms with E-state index in [9.17, 15) is 22.4 Å². The molecule has 0 saturated carbocycles. The van der Waals surface area contributed by atoms with Crippen LogP contribution in [0.2, 0.25) is 5.02 Å². The van der Waals surface area contributed by atoms with Gasteiger partial charge >= 0.3 is 12.1 Å². The molecule has 0 aliphatic heterocycles. The Hall–Kier alpha value is -3.66. The Morgan fingerprint density at radius 2 is 1.88 bits per heavy atom. The number of esters is 1. The molecule has 2 aromatic carbocycles. The summed E-state index contributed by atoms with van der Waals surface area (Å²) >= 11 is 6.17. The van der Waals surface area contributed by atoms with Gasteiger partial charge in [-0.15, -0.1) is 0 Å². The lowest BCUT2D eigenvalue weighted by atomic mass is 10.0. The van der Waals surface area contributed by atoms with E-state index in [1.165, 1.54) is 24.3 Å². The van der Waals surface area contributed by atoms with Crippen molar-refractivity contribution in [1.82, 2.24) is 14.9 Å². The van der Waals surface area contributed by atoms with E-state index < -0.39 is 35.0 Å². The summed E-state index contributed by atoms with van der Waals surface area (Å²) in [5, 5.41) is 7.75. The van der Waals surface area contributed by atoms with E-state index in [-0.39, 0.29) is 27.5 Å². The molecular weight excluding hydrogens is 454 g/mol. The number of carbonyl (C=O) groups is 1. The molecule has 0 N–H and O–H groups in total. The van der Waals surface area contributed by atoms with Crippen LogP contribution >= 0.6 is 11.6 Å². The first-order valence-corrected chi connectivity index (χ1v) is 9.34. The molecule has 0 aliphatic carbocycles. The largest absolute Gasteiger partial charge is 0.465 e. The van der Waals surface area contributed by atoms with Crippen LogP contribution in [0.25, 0.3) is 28.3 Å². The number of hydrogen-bond acceptors (Lipinski definition) is 5. The lowest BCUT2D eigenvalue weighted by Gasteiger charge is -2.12. The van der Waals surface area contributed by atoms with E-state index in [1.807, 2.05) is 0 Å². The first-order valence-electron chi connectivity index (χ1n) is 8.96. The predicted octanol–water partition coefficient (Wildman–Crippen LogP) is 5.79. The number of aromatic nitrogens is 3. The van der Waals surface area contributed by atoms with Crippen molar-refractivity contribution in [2.45, 2.75) is 6.18 Å². The zero-order chi connectivity index (χ0) is 23.0. The summed E-state index contributed by atoms with van der Waals surface area (Å²) in [4.78, 5) is 12.5. The summed E-state index contributed by atoms with van der Waals surface area (Å²) in [6.45, 7) is 0. The van der Waals surface area contributed by atoms with Gasteiger partial charge in [0, 0.05) is 5.56 Å². The van der Waals surface area contributed by atoms with Gasteiger partial charge < -0.3 is 9.26 Å². The molecule has 0 bridgehead atoms. The normalized spacial score (nSPS) is 11.6. The lowest BCUT2D eigenvalue weighted by molar-refractivity contribution is -0.142. The number of carbonyl (C=O) groups excluding carboxylic acids is 1. The summed E-state index contributed by atoms with van der Waals surface area (Å²) in [6, 6.07) is 10.8. The van der Waals surface area contributed by atoms with Crippen LogP contribution in [0.15, 0.2) is 59.3 Å². The van der Waals surface area contributed by atoms with E-state index in [0.717, 1.165) is 25.4 Å². The van der Waals surface area contributed by atoms with Crippen molar-refractivity contribution in [3.05, 3.63) is 76.8 Å². The van der Waals surface area contributed by atoms with Crippen molar-refractivity contribution in [2.75, 3.05) is 7.11 Å². The SMILES string of the molecule is COC(=O)c1c(-c2ccccc2Cl)noc1-c1cnn(-c2cccc(F)c2)c1C(F)(F)F. The van der Waals surface area contributed by atoms with Gasteiger partial charge in [-0.3, -0.25) is 0 Å². The van der Waals surface area contributed by atoms with Crippen molar-refractivity contribution >= 4 is 17.6 Å². The number of hydrogen-bond donors (Lipinski definition) is 0. The second kappa shape index (κ2) is 8.12. The van der Waals surface area contributed by atoms with Crippen molar-refractivity contribution in [3.8, 4) is 28.3 Å². The molecule has 0 radical (unpaired) electrons. The van der Waals surface area contributed by atoms with Crippen LogP contribution in [0.1, 0.15) is 16.1 Å². The highest BCUT2D eigenvalue weighted by Gasteiger charge is 2.42. The maximum Gasteiger partial charge on any atom is 0.434 e. The quantitative estimate of drug-likeness (QED) is 0.282. The van der Waals surface area contributed by atoms with Gasteiger partial charge in [-0.05, 0) is 24.3 Å². The molecule has 0 fully saturated rings. The molecule has 0 atom stereocenters. The molecule has 2 heterocycles. The number of nitrogens with zero attached hydrogens (tertiary/aromatic N) is 3. The molecule has 164 valence electrons. The summed E-state index contributed by atoms with van der Waals surface area (Å²) in [5.41, 5.74) is -2.22. The standard InChI is InChI=1S/C21H12ClF4N3O3/c1-31-20(30)16-17(13-7-2-3-8-15(13)22)28-32-18(16)14-10-27-29(19(14)21(24,25)26)12-6-4-5-11(23)9-12/h2-10H,1H3. The Balaban J connectivity index is 1.99. The zero-order valence-electron chi connectivity index (χ0n) is 16.2. The van der Waals surface area contributed by atoms with E-state index >= 15 is 0 Å². The third-order valence-electron chi connectivity index (χ3n) is 4.55. The Morgan fingerprint density at radius 3 is 2.53 bits per heavy atom. The summed E-state index contributed by atoms with van der Waals surface area (Å²) in [7, 11) is 1.07. The summed E-state index contributed by atoms with van der Waals surface area (Å²) in [6.07, 6.45) is -4.08. The van der Waals surface area contributed by atoms with Crippen molar-refractivity contribution in [1.29, 1.82) is 0 Å². The molecule has 0 amide bonds. The molecule has 0 aliphatic rings. The zero-order valence-corrected chi connectivity index (χ0v) is 16.9. The van der Waals surface area contributed by atoms with Gasteiger partial charge in [0.2, 0.25) is 0 Å². The molecule has 0 spiro atoms. The van der Waals surface area contributed by atoms with Gasteiger partial charge in [0.05, 0.1) is 29.6 Å². The fourth-order valence-electron chi connectivity index (χ4n) is 3.19. The van der Waals surface area contributed by atoms with Crippen LogP contribution in [0.3, 0.4) is 0 Å². The number of rotatable bonds is 4. The molecule has 4 rings (SSSR count). The number of alkyl halides is 3. The first kappa shape index (κ1) is 21.6. The Kier molecular flexibility index (Phi) is 5.47. The molecule has 6 nitrogen and oxygen atoms in total. The number of benzene rings is 2. The first-order chi connectivity index (χ1) is 15.2. The number of methoxy groups -OCH3 is 1. The maximum atomic E-state index is 14.1. The average Bonchev–Trinajstić information content (AvgIpc) is 3.38. The Morgan fingerprint density at radius 1 is 1.12 bits per heavy atom. The molecule has 11 heteroatoms. The van der Waals surface area contributed by atoms with Gasteiger partial charge in [-0.1, -0.05) is 41.0 Å². The molecule has 0 saturated heterocycles. The molecule has 32 heavy (non-hydrogen) atoms. The van der Waals surface area contributed by atoms with Crippen LogP contribution < -0.4 is 0 Å². The third kappa shape index (κ3) is 3.73. The van der Waals surface area contributed by atoms with Gasteiger partial charge in [0.25, 0.3) is 0 Å². The van der Waals surface area contributed by atoms with Crippen LogP contribution in [0, 0.1) is 5.82 Å². The van der Waals surface area contributed by atoms with E-state index in [2.05, 4.69) is 10.3 Å². The highest BCUT2D eigenvalue weighted by Crippen LogP contribution is 2.42. The minimum absolute atomic E-state index is 0.0934. The van der Waals surface area contributed by atoms with Crippen LogP contribution in [0.5, 0.6) is 0 Å². The van der Waals surface area contributed by atoms with E-state index in [4.69, 9.17) is 20.9 Å². The van der Waals surface area contributed by atoms with Gasteiger partial charge in [-0.2, -0.15) is 18.3 Å². The summed E-state index contributed by atoms with van der Waals surface area (Å²) < 4.78 is 66.3. The van der Waals surface area contributed by atoms with Gasteiger partial charge in [-0.25, -0.2) is 13.9 Å². The molecule has 4 aromatic rings. The van der Waals surface area contributed by atoms with Crippen LogP contribution in [0.4, 0.5) is 17.6 Å². The fourth-order valence-corrected chi connectivity index (χ4v) is 3.42. The van der Waals surface area contributed by atoms with Crippen molar-refractivity contribution in [2.24, 2.45) is 0 Å². The fraction of sp³-hybridized carbons (Fsp3) is 0.0952. The number of halogens is 5. The minimum Gasteiger partial charge on any atom is -0.465 e. The Bertz CT molecular complexity index is 1310. The minimum atomic E-state index is -4.94. The topological polar surface area (TPSA) is 70.2 Å². The second-order valence-corrected chi connectivity index (χ2v) is 6.91. The predicted molar refractivity (Wildman–Crippen MR) is 106 cm³/mol. The van der Waals surface area contributed by atoms with Gasteiger partial charge in [0.1, 0.15) is 17.1 Å². The van der Waals surface area contributed by atoms with E-state index in [0.29, 0.717) is 4.68 Å². The monoisotopic (exact) mass is 465 g/mol. The molecule has 2 aromatic heterocycles. The van der Waals surface area contributed by atoms with Crippen molar-refractivity contribution in [3.63, 3.8) is 0 Å². The van der Waals surface area contributed by atoms with E-state index in [1.54, 1.807) is 12.1 Å². The van der Waals surface area contributed by atoms with Crippen LogP contribution in [-0.2, 0) is 10.9 Å². The van der Waals surface area contributed by atoms with Crippen LogP contribution in [-0.4, -0.2) is 28.0 Å². The maximum absolute atomic E-state index is 14.1. The number of ether oxygens (including phenoxy) is 1. The average molecular weight is 466 g/mol. The Labute approximate surface area is 183 Å². The molecule has 0 unspecified atom stereocenters. The third-order valence-corrected chi connectivity index (χ3v) is 4.88. The smallest absolute Gasteiger partial charge is 0.434 e.